The summed E-state index contributed by atoms with van der Waals surface area (Å²) in [5, 5.41) is 12.7. The van der Waals surface area contributed by atoms with E-state index in [0.717, 1.165) is 24.4 Å². The van der Waals surface area contributed by atoms with Crippen LogP contribution in [0.3, 0.4) is 0 Å². The van der Waals surface area contributed by atoms with Gasteiger partial charge in [0, 0.05) is 18.8 Å². The number of rotatable bonds is 8. The van der Waals surface area contributed by atoms with Crippen molar-refractivity contribution in [2.24, 2.45) is 5.92 Å². The second-order valence-electron chi connectivity index (χ2n) is 6.14. The molecule has 0 radical (unpaired) electrons. The molecule has 3 N–H and O–H groups in total. The van der Waals surface area contributed by atoms with Gasteiger partial charge in [-0.3, -0.25) is 4.72 Å². The van der Waals surface area contributed by atoms with Crippen LogP contribution >= 0.6 is 0 Å². The number of anilines is 2. The lowest BCUT2D eigenvalue weighted by atomic mass is 10.0. The number of benzene rings is 1. The van der Waals surface area contributed by atoms with Crippen LogP contribution in [0.4, 0.5) is 20.3 Å². The summed E-state index contributed by atoms with van der Waals surface area (Å²) >= 11 is 0. The van der Waals surface area contributed by atoms with E-state index in [0.29, 0.717) is 18.8 Å². The molecule has 1 unspecified atom stereocenters. The highest BCUT2D eigenvalue weighted by atomic mass is 32.2. The molecule has 0 aliphatic heterocycles. The molecule has 0 aliphatic carbocycles. The van der Waals surface area contributed by atoms with Crippen LogP contribution in [0.1, 0.15) is 20.3 Å². The predicted molar refractivity (Wildman–Crippen MR) is 95.4 cm³/mol. The van der Waals surface area contributed by atoms with Gasteiger partial charge < -0.3 is 10.4 Å². The maximum Gasteiger partial charge on any atom is 0.263 e. The zero-order chi connectivity index (χ0) is 19.3. The minimum Gasteiger partial charge on any atom is -0.393 e. The van der Waals surface area contributed by atoms with Gasteiger partial charge >= 0.3 is 0 Å². The van der Waals surface area contributed by atoms with Crippen molar-refractivity contribution in [2.75, 3.05) is 16.6 Å². The van der Waals surface area contributed by atoms with Crippen LogP contribution in [0.5, 0.6) is 0 Å². The van der Waals surface area contributed by atoms with Gasteiger partial charge in [-0.1, -0.05) is 13.8 Å². The number of halogens is 2. The normalized spacial score (nSPS) is 12.8. The van der Waals surface area contributed by atoms with E-state index >= 15 is 0 Å². The van der Waals surface area contributed by atoms with E-state index < -0.39 is 27.8 Å². The number of nitrogens with one attached hydrogen (secondary N) is 2. The molecular weight excluding hydrogens is 364 g/mol. The fraction of sp³-hybridized carbons (Fsp3) is 0.353. The van der Waals surface area contributed by atoms with Gasteiger partial charge in [-0.05, 0) is 36.6 Å². The third kappa shape index (κ3) is 5.37. The molecule has 2 rings (SSSR count). The lowest BCUT2D eigenvalue weighted by molar-refractivity contribution is 0.120. The maximum atomic E-state index is 13.2. The Morgan fingerprint density at radius 1 is 1.15 bits per heavy atom. The largest absolute Gasteiger partial charge is 0.393 e. The summed E-state index contributed by atoms with van der Waals surface area (Å²) in [6, 6.07) is 5.55. The van der Waals surface area contributed by atoms with Gasteiger partial charge in [0.1, 0.15) is 10.7 Å². The molecule has 9 heteroatoms. The molecule has 0 bridgehead atoms. The summed E-state index contributed by atoms with van der Waals surface area (Å²) in [6.07, 6.45) is 1.27. The standard InChI is InChI=1S/C17H21F2N3O3S/c1-11(2)16(23)7-8-20-17-6-4-13(10-21-17)26(24,25)22-12-3-5-14(18)15(19)9-12/h3-6,9-11,16,22-23H,7-8H2,1-2H3,(H,20,21). The van der Waals surface area contributed by atoms with Gasteiger partial charge in [0.05, 0.1) is 11.8 Å². The Kier molecular flexibility index (Phi) is 6.49. The van der Waals surface area contributed by atoms with Crippen molar-refractivity contribution in [1.29, 1.82) is 0 Å². The third-order valence-corrected chi connectivity index (χ3v) is 5.10. The minimum atomic E-state index is -3.97. The first-order valence-corrected chi connectivity index (χ1v) is 9.53. The number of hydrogen-bond donors (Lipinski definition) is 3. The number of hydrogen-bond acceptors (Lipinski definition) is 5. The van der Waals surface area contributed by atoms with Crippen molar-refractivity contribution in [2.45, 2.75) is 31.3 Å². The van der Waals surface area contributed by atoms with Crippen LogP contribution in [-0.2, 0) is 10.0 Å². The van der Waals surface area contributed by atoms with Crippen LogP contribution in [-0.4, -0.2) is 31.2 Å². The fourth-order valence-corrected chi connectivity index (χ4v) is 3.09. The fourth-order valence-electron chi connectivity index (χ4n) is 2.10. The monoisotopic (exact) mass is 385 g/mol. The summed E-state index contributed by atoms with van der Waals surface area (Å²) in [7, 11) is -3.97. The molecule has 1 aromatic carbocycles. The first-order valence-electron chi connectivity index (χ1n) is 8.05. The third-order valence-electron chi connectivity index (χ3n) is 3.73. The van der Waals surface area contributed by atoms with E-state index in [4.69, 9.17) is 0 Å². The molecule has 1 atom stereocenters. The molecule has 0 spiro atoms. The second kappa shape index (κ2) is 8.41. The van der Waals surface area contributed by atoms with E-state index in [1.165, 1.54) is 12.1 Å². The molecule has 0 aliphatic rings. The van der Waals surface area contributed by atoms with E-state index in [1.54, 1.807) is 0 Å². The molecular formula is C17H21F2N3O3S. The van der Waals surface area contributed by atoms with Gasteiger partial charge in [0.2, 0.25) is 0 Å². The SMILES string of the molecule is CC(C)C(O)CCNc1ccc(S(=O)(=O)Nc2ccc(F)c(F)c2)cn1. The Morgan fingerprint density at radius 3 is 2.46 bits per heavy atom. The molecule has 0 saturated carbocycles. The number of aromatic nitrogens is 1. The van der Waals surface area contributed by atoms with Crippen LogP contribution in [0, 0.1) is 17.6 Å². The molecule has 142 valence electrons. The lowest BCUT2D eigenvalue weighted by Gasteiger charge is -2.14. The summed E-state index contributed by atoms with van der Waals surface area (Å²) in [6.45, 7) is 4.33. The van der Waals surface area contributed by atoms with E-state index in [-0.39, 0.29) is 16.5 Å². The molecule has 1 aromatic heterocycles. The average Bonchev–Trinajstić information content (AvgIpc) is 2.58. The Bertz CT molecular complexity index is 843. The Balaban J connectivity index is 2.00. The Labute approximate surface area is 151 Å². The van der Waals surface area contributed by atoms with E-state index in [9.17, 15) is 22.3 Å². The number of pyridine rings is 1. The van der Waals surface area contributed by atoms with Gasteiger partial charge in [-0.15, -0.1) is 0 Å². The number of aliphatic hydroxyl groups excluding tert-OH is 1. The second-order valence-corrected chi connectivity index (χ2v) is 7.82. The quantitative estimate of drug-likeness (QED) is 0.650. The lowest BCUT2D eigenvalue weighted by Crippen LogP contribution is -2.19. The van der Waals surface area contributed by atoms with E-state index in [1.807, 2.05) is 13.8 Å². The van der Waals surface area contributed by atoms with Crippen molar-refractivity contribution >= 4 is 21.5 Å². The molecule has 26 heavy (non-hydrogen) atoms. The summed E-state index contributed by atoms with van der Waals surface area (Å²) in [5.41, 5.74) is -0.0891. The van der Waals surface area contributed by atoms with E-state index in [2.05, 4.69) is 15.0 Å². The molecule has 6 nitrogen and oxygen atoms in total. The van der Waals surface area contributed by atoms with Gasteiger partial charge in [0.15, 0.2) is 11.6 Å². The van der Waals surface area contributed by atoms with Gasteiger partial charge in [-0.2, -0.15) is 0 Å². The van der Waals surface area contributed by atoms with Gasteiger partial charge in [0.25, 0.3) is 10.0 Å². The van der Waals surface area contributed by atoms with Crippen molar-refractivity contribution in [3.8, 4) is 0 Å². The number of sulfonamides is 1. The summed E-state index contributed by atoms with van der Waals surface area (Å²) < 4.78 is 52.8. The molecule has 0 saturated heterocycles. The molecule has 0 fully saturated rings. The summed E-state index contributed by atoms with van der Waals surface area (Å²) in [5.74, 6) is -1.59. The zero-order valence-corrected chi connectivity index (χ0v) is 15.2. The van der Waals surface area contributed by atoms with Gasteiger partial charge in [-0.25, -0.2) is 22.2 Å². The highest BCUT2D eigenvalue weighted by Crippen LogP contribution is 2.19. The average molecular weight is 385 g/mol. The highest BCUT2D eigenvalue weighted by Gasteiger charge is 2.16. The molecule has 0 amide bonds. The predicted octanol–water partition coefficient (Wildman–Crippen LogP) is 2.98. The van der Waals surface area contributed by atoms with Crippen LogP contribution in [0.25, 0.3) is 0 Å². The molecule has 1 heterocycles. The first-order chi connectivity index (χ1) is 12.2. The van der Waals surface area contributed by atoms with Crippen molar-refractivity contribution in [1.82, 2.24) is 4.98 Å². The van der Waals surface area contributed by atoms with Crippen molar-refractivity contribution in [3.63, 3.8) is 0 Å². The van der Waals surface area contributed by atoms with Crippen LogP contribution in [0.15, 0.2) is 41.4 Å². The maximum absolute atomic E-state index is 13.2. The van der Waals surface area contributed by atoms with Crippen molar-refractivity contribution in [3.05, 3.63) is 48.2 Å². The summed E-state index contributed by atoms with van der Waals surface area (Å²) in [4.78, 5) is 3.90. The zero-order valence-electron chi connectivity index (χ0n) is 14.4. The topological polar surface area (TPSA) is 91.3 Å². The Hall–Kier alpha value is -2.26. The minimum absolute atomic E-state index is 0.0891. The van der Waals surface area contributed by atoms with Crippen molar-refractivity contribution < 1.29 is 22.3 Å². The molecule has 2 aromatic rings. The first kappa shape index (κ1) is 20.1. The number of nitrogens with zero attached hydrogens (tertiary/aromatic N) is 1. The highest BCUT2D eigenvalue weighted by molar-refractivity contribution is 7.92. The smallest absolute Gasteiger partial charge is 0.263 e. The van der Waals surface area contributed by atoms with Crippen LogP contribution < -0.4 is 10.0 Å². The van der Waals surface area contributed by atoms with Crippen LogP contribution in [0.2, 0.25) is 0 Å². The Morgan fingerprint density at radius 2 is 1.88 bits per heavy atom. The number of aliphatic hydroxyl groups is 1.